The number of hydrogen-bond acceptors (Lipinski definition) is 2. The minimum Gasteiger partial charge on any atom is -0.355 e. The number of piperidine rings is 2. The third-order valence-electron chi connectivity index (χ3n) is 4.02. The van der Waals surface area contributed by atoms with Crippen LogP contribution >= 0.6 is 0 Å². The zero-order valence-corrected chi connectivity index (χ0v) is 10.7. The third-order valence-corrected chi connectivity index (χ3v) is 4.02. The van der Waals surface area contributed by atoms with Crippen molar-refractivity contribution in [1.82, 2.24) is 10.2 Å². The van der Waals surface area contributed by atoms with Crippen LogP contribution in [0, 0.1) is 11.8 Å². The molecule has 96 valence electrons. The van der Waals surface area contributed by atoms with Gasteiger partial charge in [-0.3, -0.25) is 9.59 Å². The molecule has 0 aromatic carbocycles. The fourth-order valence-electron chi connectivity index (χ4n) is 2.77. The molecule has 3 unspecified atom stereocenters. The molecule has 2 heterocycles. The maximum Gasteiger partial charge on any atom is 0.227 e. The lowest BCUT2D eigenvalue weighted by Crippen LogP contribution is -2.51. The second kappa shape index (κ2) is 5.07. The quantitative estimate of drug-likeness (QED) is 0.745. The fourth-order valence-corrected chi connectivity index (χ4v) is 2.77. The summed E-state index contributed by atoms with van der Waals surface area (Å²) in [6.45, 7) is 5.74. The van der Waals surface area contributed by atoms with Crippen molar-refractivity contribution in [2.24, 2.45) is 11.8 Å². The molecule has 1 N–H and O–H groups in total. The Kier molecular flexibility index (Phi) is 3.69. The lowest BCUT2D eigenvalue weighted by Gasteiger charge is -2.39. The summed E-state index contributed by atoms with van der Waals surface area (Å²) >= 11 is 0. The molecule has 0 saturated carbocycles. The molecule has 2 saturated heterocycles. The molecule has 3 atom stereocenters. The Balaban J connectivity index is 1.96. The van der Waals surface area contributed by atoms with Crippen molar-refractivity contribution in [2.45, 2.75) is 45.6 Å². The molecule has 0 aromatic heterocycles. The van der Waals surface area contributed by atoms with Crippen molar-refractivity contribution in [3.63, 3.8) is 0 Å². The maximum absolute atomic E-state index is 12.4. The van der Waals surface area contributed by atoms with Gasteiger partial charge in [-0.2, -0.15) is 0 Å². The van der Waals surface area contributed by atoms with Gasteiger partial charge in [-0.25, -0.2) is 0 Å². The summed E-state index contributed by atoms with van der Waals surface area (Å²) in [5.74, 6) is 0.923. The Hall–Kier alpha value is -1.06. The minimum absolute atomic E-state index is 0.000417. The van der Waals surface area contributed by atoms with Crippen molar-refractivity contribution >= 4 is 11.8 Å². The predicted octanol–water partition coefficient (Wildman–Crippen LogP) is 1.16. The van der Waals surface area contributed by atoms with E-state index in [1.54, 1.807) is 0 Å². The second-order valence-corrected chi connectivity index (χ2v) is 5.56. The molecule has 4 heteroatoms. The number of hydrogen-bond donors (Lipinski definition) is 1. The van der Waals surface area contributed by atoms with Crippen LogP contribution in [-0.4, -0.2) is 35.8 Å². The number of nitrogens with one attached hydrogen (secondary N) is 1. The summed E-state index contributed by atoms with van der Waals surface area (Å²) in [4.78, 5) is 25.5. The largest absolute Gasteiger partial charge is 0.355 e. The lowest BCUT2D eigenvalue weighted by atomic mass is 9.91. The second-order valence-electron chi connectivity index (χ2n) is 5.56. The standard InChI is InChI=1S/C13H22N2O2/c1-9-3-4-10(2)15(8-9)13(17)11-5-6-12(16)14-7-11/h9-11H,3-8H2,1-2H3,(H,14,16). The van der Waals surface area contributed by atoms with Gasteiger partial charge in [0.2, 0.25) is 11.8 Å². The molecule has 17 heavy (non-hydrogen) atoms. The number of carbonyl (C=O) groups excluding carboxylic acids is 2. The van der Waals surface area contributed by atoms with Crippen molar-refractivity contribution in [1.29, 1.82) is 0 Å². The molecule has 2 aliphatic heterocycles. The Morgan fingerprint density at radius 2 is 2.06 bits per heavy atom. The van der Waals surface area contributed by atoms with E-state index >= 15 is 0 Å². The molecule has 0 spiro atoms. The van der Waals surface area contributed by atoms with Crippen LogP contribution in [0.2, 0.25) is 0 Å². The minimum atomic E-state index is 0.000417. The van der Waals surface area contributed by atoms with Crippen molar-refractivity contribution in [2.75, 3.05) is 13.1 Å². The monoisotopic (exact) mass is 238 g/mol. The van der Waals surface area contributed by atoms with E-state index < -0.39 is 0 Å². The van der Waals surface area contributed by atoms with E-state index in [0.29, 0.717) is 31.3 Å². The Morgan fingerprint density at radius 3 is 2.71 bits per heavy atom. The molecule has 0 aliphatic carbocycles. The highest BCUT2D eigenvalue weighted by atomic mass is 16.2. The van der Waals surface area contributed by atoms with Gasteiger partial charge >= 0.3 is 0 Å². The first-order chi connectivity index (χ1) is 8.08. The molecule has 2 rings (SSSR count). The van der Waals surface area contributed by atoms with Crippen LogP contribution < -0.4 is 5.32 Å². The van der Waals surface area contributed by atoms with Gasteiger partial charge in [-0.05, 0) is 32.1 Å². The van der Waals surface area contributed by atoms with E-state index in [1.165, 1.54) is 6.42 Å². The van der Waals surface area contributed by atoms with Gasteiger partial charge in [0.25, 0.3) is 0 Å². The van der Waals surface area contributed by atoms with Gasteiger partial charge in [0.1, 0.15) is 0 Å². The first-order valence-corrected chi connectivity index (χ1v) is 6.65. The van der Waals surface area contributed by atoms with E-state index in [2.05, 4.69) is 19.2 Å². The topological polar surface area (TPSA) is 49.4 Å². The SMILES string of the molecule is CC1CCC(C)N(C(=O)C2CCC(=O)NC2)C1. The van der Waals surface area contributed by atoms with E-state index in [9.17, 15) is 9.59 Å². The highest BCUT2D eigenvalue weighted by Gasteiger charge is 2.33. The predicted molar refractivity (Wildman–Crippen MR) is 65.3 cm³/mol. The average molecular weight is 238 g/mol. The smallest absolute Gasteiger partial charge is 0.227 e. The van der Waals surface area contributed by atoms with Crippen molar-refractivity contribution < 1.29 is 9.59 Å². The van der Waals surface area contributed by atoms with Gasteiger partial charge < -0.3 is 10.2 Å². The van der Waals surface area contributed by atoms with Gasteiger partial charge in [0.05, 0.1) is 5.92 Å². The first-order valence-electron chi connectivity index (χ1n) is 6.65. The summed E-state index contributed by atoms with van der Waals surface area (Å²) in [7, 11) is 0. The summed E-state index contributed by atoms with van der Waals surface area (Å²) in [5, 5.41) is 2.79. The summed E-state index contributed by atoms with van der Waals surface area (Å²) in [6.07, 6.45) is 3.52. The molecule has 2 amide bonds. The van der Waals surface area contributed by atoms with Gasteiger partial charge in [0, 0.05) is 25.6 Å². The highest BCUT2D eigenvalue weighted by molar-refractivity contribution is 5.84. The summed E-state index contributed by atoms with van der Waals surface area (Å²) in [5.41, 5.74) is 0. The molecule has 0 bridgehead atoms. The van der Waals surface area contributed by atoms with Crippen LogP contribution in [0.25, 0.3) is 0 Å². The van der Waals surface area contributed by atoms with Gasteiger partial charge in [-0.15, -0.1) is 0 Å². The molecular formula is C13H22N2O2. The molecular weight excluding hydrogens is 216 g/mol. The number of carbonyl (C=O) groups is 2. The molecule has 4 nitrogen and oxygen atoms in total. The van der Waals surface area contributed by atoms with Crippen LogP contribution in [0.1, 0.15) is 39.5 Å². The lowest BCUT2D eigenvalue weighted by molar-refractivity contribution is -0.141. The van der Waals surface area contributed by atoms with Crippen LogP contribution in [-0.2, 0) is 9.59 Å². The number of amides is 2. The van der Waals surface area contributed by atoms with Crippen LogP contribution in [0.15, 0.2) is 0 Å². The number of likely N-dealkylation sites (tertiary alicyclic amines) is 1. The molecule has 0 aromatic rings. The van der Waals surface area contributed by atoms with E-state index in [4.69, 9.17) is 0 Å². The molecule has 0 radical (unpaired) electrons. The molecule has 2 fully saturated rings. The van der Waals surface area contributed by atoms with E-state index in [-0.39, 0.29) is 17.7 Å². The Labute approximate surface area is 103 Å². The average Bonchev–Trinajstić information content (AvgIpc) is 2.32. The molecule has 2 aliphatic rings. The Bertz CT molecular complexity index is 307. The van der Waals surface area contributed by atoms with Crippen LogP contribution in [0.3, 0.4) is 0 Å². The van der Waals surface area contributed by atoms with E-state index in [0.717, 1.165) is 13.0 Å². The van der Waals surface area contributed by atoms with Crippen LogP contribution in [0.5, 0.6) is 0 Å². The summed E-state index contributed by atoms with van der Waals surface area (Å²) < 4.78 is 0. The number of nitrogens with zero attached hydrogens (tertiary/aromatic N) is 1. The van der Waals surface area contributed by atoms with Gasteiger partial charge in [0.15, 0.2) is 0 Å². The zero-order chi connectivity index (χ0) is 12.4. The summed E-state index contributed by atoms with van der Waals surface area (Å²) in [6, 6.07) is 0.358. The van der Waals surface area contributed by atoms with Crippen molar-refractivity contribution in [3.8, 4) is 0 Å². The Morgan fingerprint density at radius 1 is 1.29 bits per heavy atom. The maximum atomic E-state index is 12.4. The van der Waals surface area contributed by atoms with E-state index in [1.807, 2.05) is 4.90 Å². The van der Waals surface area contributed by atoms with Crippen LogP contribution in [0.4, 0.5) is 0 Å². The highest BCUT2D eigenvalue weighted by Crippen LogP contribution is 2.24. The first kappa shape index (κ1) is 12.4. The van der Waals surface area contributed by atoms with Gasteiger partial charge in [-0.1, -0.05) is 6.92 Å². The zero-order valence-electron chi connectivity index (χ0n) is 10.7. The number of rotatable bonds is 1. The fraction of sp³-hybridized carbons (Fsp3) is 0.846. The normalized spacial score (nSPS) is 34.4. The van der Waals surface area contributed by atoms with Crippen molar-refractivity contribution in [3.05, 3.63) is 0 Å². The third kappa shape index (κ3) is 2.79.